The van der Waals surface area contributed by atoms with Crippen LogP contribution in [0.1, 0.15) is 56.2 Å². The summed E-state index contributed by atoms with van der Waals surface area (Å²) in [4.78, 5) is 16.9. The Morgan fingerprint density at radius 2 is 1.97 bits per heavy atom. The number of carbonyl (C=O) groups is 1. The first-order valence-corrected chi connectivity index (χ1v) is 11.5. The SMILES string of the molecule is COCC[C@@H](NC(=O)Nc1cc(N)c(C(=N)OC2CCC(C)(OC)CC2)cn1)c1ccccc1. The average Bonchev–Trinajstić information content (AvgIpc) is 2.84. The summed E-state index contributed by atoms with van der Waals surface area (Å²) in [5, 5.41) is 14.0. The number of methoxy groups -OCH3 is 2. The van der Waals surface area contributed by atoms with Gasteiger partial charge in [0.25, 0.3) is 0 Å². The fraction of sp³-hybridized carbons (Fsp3) is 0.480. The minimum Gasteiger partial charge on any atom is -0.474 e. The number of amides is 2. The Labute approximate surface area is 200 Å². The van der Waals surface area contributed by atoms with Gasteiger partial charge in [0.15, 0.2) is 0 Å². The number of benzene rings is 1. The Morgan fingerprint density at radius 3 is 2.59 bits per heavy atom. The van der Waals surface area contributed by atoms with E-state index in [1.807, 2.05) is 30.3 Å². The van der Waals surface area contributed by atoms with E-state index in [2.05, 4.69) is 22.5 Å². The van der Waals surface area contributed by atoms with E-state index in [4.69, 9.17) is 25.4 Å². The molecule has 1 fully saturated rings. The molecule has 34 heavy (non-hydrogen) atoms. The highest BCUT2D eigenvalue weighted by Crippen LogP contribution is 2.32. The van der Waals surface area contributed by atoms with Crippen molar-refractivity contribution in [1.29, 1.82) is 5.41 Å². The van der Waals surface area contributed by atoms with Gasteiger partial charge < -0.3 is 25.3 Å². The summed E-state index contributed by atoms with van der Waals surface area (Å²) in [6.45, 7) is 2.60. The maximum Gasteiger partial charge on any atom is 0.320 e. The number of rotatable bonds is 9. The number of hydrogen-bond donors (Lipinski definition) is 4. The van der Waals surface area contributed by atoms with Crippen LogP contribution in [0.4, 0.5) is 16.3 Å². The van der Waals surface area contributed by atoms with Gasteiger partial charge in [-0.05, 0) is 44.6 Å². The van der Waals surface area contributed by atoms with Gasteiger partial charge >= 0.3 is 6.03 Å². The highest BCUT2D eigenvalue weighted by Gasteiger charge is 2.32. The number of aromatic nitrogens is 1. The number of hydrogen-bond acceptors (Lipinski definition) is 7. The molecule has 1 aliphatic rings. The molecule has 1 heterocycles. The standard InChI is InChI=1S/C25H35N5O4/c1-25(33-3)12-9-18(10-13-25)34-23(27)19-16-28-22(15-20(19)26)30-24(31)29-21(11-14-32-2)17-7-5-4-6-8-17/h4-8,15-16,18,21,27H,9-14H2,1-3H3,(H4,26,28,29,30,31)/t18?,21-,25?/m1/s1. The topological polar surface area (TPSA) is 132 Å². The highest BCUT2D eigenvalue weighted by molar-refractivity contribution is 5.98. The monoisotopic (exact) mass is 469 g/mol. The molecule has 0 bridgehead atoms. The van der Waals surface area contributed by atoms with Crippen LogP contribution in [0.3, 0.4) is 0 Å². The zero-order chi connectivity index (χ0) is 24.6. The number of carbonyl (C=O) groups excluding carboxylic acids is 1. The molecule has 0 aliphatic heterocycles. The van der Waals surface area contributed by atoms with Crippen molar-refractivity contribution in [3.63, 3.8) is 0 Å². The third kappa shape index (κ3) is 6.91. The quantitative estimate of drug-likeness (QED) is 0.321. The number of nitrogens with zero attached hydrogens (tertiary/aromatic N) is 1. The van der Waals surface area contributed by atoms with Crippen molar-refractivity contribution in [3.05, 3.63) is 53.7 Å². The zero-order valence-electron chi connectivity index (χ0n) is 20.1. The molecule has 2 aromatic rings. The Hall–Kier alpha value is -3.17. The smallest absolute Gasteiger partial charge is 0.320 e. The predicted octanol–water partition coefficient (Wildman–Crippen LogP) is 4.25. The summed E-state index contributed by atoms with van der Waals surface area (Å²) in [5.41, 5.74) is 7.72. The van der Waals surface area contributed by atoms with Crippen molar-refractivity contribution in [2.24, 2.45) is 0 Å². The van der Waals surface area contributed by atoms with Gasteiger partial charge in [-0.25, -0.2) is 9.78 Å². The first kappa shape index (κ1) is 25.5. The molecule has 3 rings (SSSR count). The highest BCUT2D eigenvalue weighted by atomic mass is 16.5. The zero-order valence-corrected chi connectivity index (χ0v) is 20.1. The van der Waals surface area contributed by atoms with Gasteiger partial charge in [0.05, 0.1) is 17.2 Å². The molecular formula is C25H35N5O4. The van der Waals surface area contributed by atoms with Crippen LogP contribution in [0.15, 0.2) is 42.6 Å². The number of pyridine rings is 1. The minimum absolute atomic E-state index is 0.0178. The summed E-state index contributed by atoms with van der Waals surface area (Å²) in [5.74, 6) is 0.273. The van der Waals surface area contributed by atoms with Gasteiger partial charge in [-0.15, -0.1) is 0 Å². The van der Waals surface area contributed by atoms with E-state index in [1.165, 1.54) is 12.3 Å². The van der Waals surface area contributed by atoms with Gasteiger partial charge in [-0.3, -0.25) is 10.7 Å². The lowest BCUT2D eigenvalue weighted by Gasteiger charge is -2.36. The van der Waals surface area contributed by atoms with E-state index in [0.717, 1.165) is 31.2 Å². The van der Waals surface area contributed by atoms with E-state index in [9.17, 15) is 4.79 Å². The normalized spacial score (nSPS) is 20.9. The van der Waals surface area contributed by atoms with Crippen LogP contribution in [0.5, 0.6) is 0 Å². The van der Waals surface area contributed by atoms with Crippen molar-refractivity contribution < 1.29 is 19.0 Å². The largest absolute Gasteiger partial charge is 0.474 e. The van der Waals surface area contributed by atoms with Crippen molar-refractivity contribution in [1.82, 2.24) is 10.3 Å². The maximum atomic E-state index is 12.6. The molecule has 5 N–H and O–H groups in total. The molecule has 1 aromatic heterocycles. The van der Waals surface area contributed by atoms with Crippen LogP contribution in [0.2, 0.25) is 0 Å². The fourth-order valence-corrected chi connectivity index (χ4v) is 4.04. The first-order chi connectivity index (χ1) is 16.3. The number of nitrogen functional groups attached to an aromatic ring is 1. The van der Waals surface area contributed by atoms with Crippen LogP contribution < -0.4 is 16.4 Å². The summed E-state index contributed by atoms with van der Waals surface area (Å²) >= 11 is 0. The fourth-order valence-electron chi connectivity index (χ4n) is 4.04. The molecule has 0 unspecified atom stereocenters. The van der Waals surface area contributed by atoms with E-state index >= 15 is 0 Å². The van der Waals surface area contributed by atoms with E-state index in [-0.39, 0.29) is 23.6 Å². The van der Waals surface area contributed by atoms with Crippen LogP contribution in [-0.4, -0.2) is 49.4 Å². The van der Waals surface area contributed by atoms with Crippen LogP contribution in [0.25, 0.3) is 0 Å². The molecule has 9 nitrogen and oxygen atoms in total. The van der Waals surface area contributed by atoms with Crippen molar-refractivity contribution in [2.45, 2.75) is 56.8 Å². The Bertz CT molecular complexity index is 961. The third-order valence-electron chi connectivity index (χ3n) is 6.31. The molecule has 184 valence electrons. The van der Waals surface area contributed by atoms with Gasteiger partial charge in [0.1, 0.15) is 11.9 Å². The summed E-state index contributed by atoms with van der Waals surface area (Å²) in [6.07, 6.45) is 5.40. The molecule has 0 spiro atoms. The summed E-state index contributed by atoms with van der Waals surface area (Å²) in [6, 6.07) is 10.6. The van der Waals surface area contributed by atoms with Gasteiger partial charge in [-0.2, -0.15) is 0 Å². The molecular weight excluding hydrogens is 434 g/mol. The molecule has 9 heteroatoms. The predicted molar refractivity (Wildman–Crippen MR) is 132 cm³/mol. The van der Waals surface area contributed by atoms with Crippen molar-refractivity contribution in [3.8, 4) is 0 Å². The van der Waals surface area contributed by atoms with E-state index in [1.54, 1.807) is 14.2 Å². The molecule has 1 aliphatic carbocycles. The minimum atomic E-state index is -0.403. The molecule has 1 aromatic carbocycles. The van der Waals surface area contributed by atoms with Crippen molar-refractivity contribution >= 4 is 23.4 Å². The van der Waals surface area contributed by atoms with Crippen molar-refractivity contribution in [2.75, 3.05) is 31.9 Å². The lowest BCUT2D eigenvalue weighted by atomic mass is 9.84. The number of nitrogens with one attached hydrogen (secondary N) is 3. The second-order valence-corrected chi connectivity index (χ2v) is 8.80. The van der Waals surface area contributed by atoms with Gasteiger partial charge in [0.2, 0.25) is 5.90 Å². The Balaban J connectivity index is 1.57. The number of ether oxygens (including phenoxy) is 3. The third-order valence-corrected chi connectivity index (χ3v) is 6.31. The lowest BCUT2D eigenvalue weighted by molar-refractivity contribution is -0.0477. The van der Waals surface area contributed by atoms with Crippen LogP contribution in [0, 0.1) is 5.41 Å². The summed E-state index contributed by atoms with van der Waals surface area (Å²) in [7, 11) is 3.36. The number of nitrogens with two attached hydrogens (primary N) is 1. The average molecular weight is 470 g/mol. The molecule has 1 atom stereocenters. The van der Waals surface area contributed by atoms with E-state index < -0.39 is 6.03 Å². The number of urea groups is 1. The van der Waals surface area contributed by atoms with Gasteiger partial charge in [0, 0.05) is 38.8 Å². The molecule has 0 saturated heterocycles. The number of anilines is 2. The second kappa shape index (κ2) is 11.8. The molecule has 0 radical (unpaired) electrons. The molecule has 1 saturated carbocycles. The van der Waals surface area contributed by atoms with Crippen LogP contribution >= 0.6 is 0 Å². The van der Waals surface area contributed by atoms with Gasteiger partial charge in [-0.1, -0.05) is 30.3 Å². The lowest BCUT2D eigenvalue weighted by Crippen LogP contribution is -2.36. The van der Waals surface area contributed by atoms with Crippen LogP contribution in [-0.2, 0) is 14.2 Å². The second-order valence-electron chi connectivity index (χ2n) is 8.80. The Kier molecular flexibility index (Phi) is 8.84. The summed E-state index contributed by atoms with van der Waals surface area (Å²) < 4.78 is 16.6. The van der Waals surface area contributed by atoms with E-state index in [0.29, 0.717) is 30.1 Å². The first-order valence-electron chi connectivity index (χ1n) is 11.5. The Morgan fingerprint density at radius 1 is 1.26 bits per heavy atom. The maximum absolute atomic E-state index is 12.6. The molecule has 2 amide bonds.